The minimum Gasteiger partial charge on any atom is -0.367 e. The summed E-state index contributed by atoms with van der Waals surface area (Å²) in [5, 5.41) is 6.78. The first kappa shape index (κ1) is 17.4. The topological polar surface area (TPSA) is 41.0 Å². The molecule has 0 amide bonds. The average molecular weight is 370 g/mol. The molecule has 1 saturated heterocycles. The lowest BCUT2D eigenvalue weighted by Crippen LogP contribution is -2.39. The van der Waals surface area contributed by atoms with Crippen LogP contribution < -0.4 is 5.32 Å². The third kappa shape index (κ3) is 3.57. The molecule has 136 valence electrons. The van der Waals surface area contributed by atoms with Gasteiger partial charge < -0.3 is 10.2 Å². The number of aromatic nitrogens is 2. The number of hydrogen-bond acceptors (Lipinski definition) is 5. The van der Waals surface area contributed by atoms with Crippen LogP contribution in [0.3, 0.4) is 0 Å². The Morgan fingerprint density at radius 2 is 1.96 bits per heavy atom. The summed E-state index contributed by atoms with van der Waals surface area (Å²) in [6, 6.07) is 7.06. The largest absolute Gasteiger partial charge is 0.367 e. The number of hydrogen-bond donors (Lipinski definition) is 1. The van der Waals surface area contributed by atoms with Crippen LogP contribution in [-0.2, 0) is 0 Å². The monoisotopic (exact) mass is 370 g/mol. The SMILES string of the molecule is CCCN1CCC(Nc2ncnc3scc(-c4ccc(F)cc4)c23)CC1. The molecule has 26 heavy (non-hydrogen) atoms. The Morgan fingerprint density at radius 3 is 2.69 bits per heavy atom. The molecule has 4 rings (SSSR count). The molecule has 0 spiro atoms. The van der Waals surface area contributed by atoms with E-state index in [9.17, 15) is 4.39 Å². The lowest BCUT2D eigenvalue weighted by Gasteiger charge is -2.32. The highest BCUT2D eigenvalue weighted by Crippen LogP contribution is 2.37. The van der Waals surface area contributed by atoms with Gasteiger partial charge in [-0.25, -0.2) is 14.4 Å². The number of rotatable bonds is 5. The van der Waals surface area contributed by atoms with Gasteiger partial charge in [0, 0.05) is 30.1 Å². The van der Waals surface area contributed by atoms with Gasteiger partial charge in [0.2, 0.25) is 0 Å². The Balaban J connectivity index is 1.60. The van der Waals surface area contributed by atoms with Gasteiger partial charge in [0.1, 0.15) is 22.8 Å². The normalized spacial score (nSPS) is 16.2. The van der Waals surface area contributed by atoms with Crippen molar-refractivity contribution in [3.63, 3.8) is 0 Å². The van der Waals surface area contributed by atoms with E-state index in [-0.39, 0.29) is 5.82 Å². The van der Waals surface area contributed by atoms with Crippen molar-refractivity contribution in [3.05, 3.63) is 41.8 Å². The average Bonchev–Trinajstić information content (AvgIpc) is 3.09. The molecule has 0 saturated carbocycles. The predicted molar refractivity (Wildman–Crippen MR) is 106 cm³/mol. The number of piperidine rings is 1. The summed E-state index contributed by atoms with van der Waals surface area (Å²) in [6.45, 7) is 5.68. The van der Waals surface area contributed by atoms with Crippen LogP contribution in [0.2, 0.25) is 0 Å². The fourth-order valence-corrected chi connectivity index (χ4v) is 4.55. The van der Waals surface area contributed by atoms with E-state index >= 15 is 0 Å². The minimum atomic E-state index is -0.221. The summed E-state index contributed by atoms with van der Waals surface area (Å²) in [5.41, 5.74) is 2.06. The Labute approximate surface area is 157 Å². The molecule has 3 aromatic rings. The first-order chi connectivity index (χ1) is 12.7. The van der Waals surface area contributed by atoms with Gasteiger partial charge in [0.25, 0.3) is 0 Å². The maximum absolute atomic E-state index is 13.3. The summed E-state index contributed by atoms with van der Waals surface area (Å²) in [6.07, 6.45) is 5.09. The van der Waals surface area contributed by atoms with Crippen molar-refractivity contribution in [1.82, 2.24) is 14.9 Å². The molecule has 0 bridgehead atoms. The fraction of sp³-hybridized carbons (Fsp3) is 0.400. The van der Waals surface area contributed by atoms with E-state index in [2.05, 4.69) is 32.5 Å². The zero-order valence-electron chi connectivity index (χ0n) is 14.9. The molecular formula is C20H23FN4S. The summed E-state index contributed by atoms with van der Waals surface area (Å²) >= 11 is 1.60. The van der Waals surface area contributed by atoms with Gasteiger partial charge in [-0.3, -0.25) is 0 Å². The molecule has 4 nitrogen and oxygen atoms in total. The lowest BCUT2D eigenvalue weighted by molar-refractivity contribution is 0.219. The van der Waals surface area contributed by atoms with E-state index in [0.29, 0.717) is 6.04 Å². The van der Waals surface area contributed by atoms with E-state index in [1.165, 1.54) is 25.1 Å². The van der Waals surface area contributed by atoms with Gasteiger partial charge in [0.15, 0.2) is 0 Å². The zero-order valence-corrected chi connectivity index (χ0v) is 15.7. The Morgan fingerprint density at radius 1 is 1.19 bits per heavy atom. The number of nitrogens with one attached hydrogen (secondary N) is 1. The molecule has 0 atom stereocenters. The van der Waals surface area contributed by atoms with Crippen molar-refractivity contribution in [1.29, 1.82) is 0 Å². The molecular weight excluding hydrogens is 347 g/mol. The first-order valence-corrected chi connectivity index (χ1v) is 10.1. The van der Waals surface area contributed by atoms with Crippen LogP contribution in [0.4, 0.5) is 10.2 Å². The second-order valence-electron chi connectivity index (χ2n) is 6.82. The summed E-state index contributed by atoms with van der Waals surface area (Å²) < 4.78 is 13.3. The summed E-state index contributed by atoms with van der Waals surface area (Å²) in [7, 11) is 0. The minimum absolute atomic E-state index is 0.221. The molecule has 0 radical (unpaired) electrons. The lowest BCUT2D eigenvalue weighted by atomic mass is 10.0. The van der Waals surface area contributed by atoms with Crippen molar-refractivity contribution in [3.8, 4) is 11.1 Å². The molecule has 1 aliphatic rings. The highest BCUT2D eigenvalue weighted by molar-refractivity contribution is 7.17. The van der Waals surface area contributed by atoms with Crippen LogP contribution in [0.15, 0.2) is 36.0 Å². The van der Waals surface area contributed by atoms with Crippen molar-refractivity contribution >= 4 is 27.4 Å². The Hall–Kier alpha value is -2.05. The third-order valence-corrected chi connectivity index (χ3v) is 5.88. The smallest absolute Gasteiger partial charge is 0.139 e. The van der Waals surface area contributed by atoms with Gasteiger partial charge in [-0.1, -0.05) is 19.1 Å². The molecule has 1 fully saturated rings. The van der Waals surface area contributed by atoms with Crippen molar-refractivity contribution in [2.24, 2.45) is 0 Å². The van der Waals surface area contributed by atoms with Crippen LogP contribution in [0.5, 0.6) is 0 Å². The fourth-order valence-electron chi connectivity index (χ4n) is 3.64. The Kier molecular flexibility index (Phi) is 5.13. The standard InChI is InChI=1S/C20H23FN4S/c1-2-9-25-10-7-16(8-11-25)24-19-18-17(12-26-20(18)23-13-22-19)14-3-5-15(21)6-4-14/h3-6,12-13,16H,2,7-11H2,1H3,(H,22,23,24). The molecule has 1 N–H and O–H groups in total. The maximum Gasteiger partial charge on any atom is 0.139 e. The van der Waals surface area contributed by atoms with E-state index in [1.807, 2.05) is 12.1 Å². The Bertz CT molecular complexity index is 869. The number of anilines is 1. The second kappa shape index (κ2) is 7.68. The van der Waals surface area contributed by atoms with E-state index in [0.717, 1.165) is 53.1 Å². The van der Waals surface area contributed by atoms with E-state index in [4.69, 9.17) is 0 Å². The molecule has 2 aromatic heterocycles. The quantitative estimate of drug-likeness (QED) is 0.701. The number of fused-ring (bicyclic) bond motifs is 1. The highest BCUT2D eigenvalue weighted by Gasteiger charge is 2.21. The summed E-state index contributed by atoms with van der Waals surface area (Å²) in [5.74, 6) is 0.672. The van der Waals surface area contributed by atoms with Gasteiger partial charge in [-0.05, 0) is 43.5 Å². The summed E-state index contributed by atoms with van der Waals surface area (Å²) in [4.78, 5) is 12.4. The van der Waals surface area contributed by atoms with Gasteiger partial charge in [-0.15, -0.1) is 11.3 Å². The van der Waals surface area contributed by atoms with Crippen LogP contribution in [0.25, 0.3) is 21.3 Å². The van der Waals surface area contributed by atoms with Crippen molar-refractivity contribution < 1.29 is 4.39 Å². The molecule has 1 aromatic carbocycles. The van der Waals surface area contributed by atoms with Crippen LogP contribution >= 0.6 is 11.3 Å². The molecule has 0 unspecified atom stereocenters. The van der Waals surface area contributed by atoms with Crippen LogP contribution in [-0.4, -0.2) is 40.5 Å². The zero-order chi connectivity index (χ0) is 17.9. The molecule has 0 aliphatic carbocycles. The van der Waals surface area contributed by atoms with E-state index < -0.39 is 0 Å². The van der Waals surface area contributed by atoms with Crippen LogP contribution in [0.1, 0.15) is 26.2 Å². The molecule has 6 heteroatoms. The number of thiophene rings is 1. The van der Waals surface area contributed by atoms with Gasteiger partial charge in [0.05, 0.1) is 5.39 Å². The van der Waals surface area contributed by atoms with Crippen molar-refractivity contribution in [2.45, 2.75) is 32.2 Å². The van der Waals surface area contributed by atoms with Crippen molar-refractivity contribution in [2.75, 3.05) is 25.0 Å². The third-order valence-electron chi connectivity index (χ3n) is 4.99. The number of likely N-dealkylation sites (tertiary alicyclic amines) is 1. The maximum atomic E-state index is 13.3. The molecule has 3 heterocycles. The highest BCUT2D eigenvalue weighted by atomic mass is 32.1. The second-order valence-corrected chi connectivity index (χ2v) is 7.68. The van der Waals surface area contributed by atoms with E-state index in [1.54, 1.807) is 17.7 Å². The van der Waals surface area contributed by atoms with Crippen LogP contribution in [0, 0.1) is 5.82 Å². The number of nitrogens with zero attached hydrogens (tertiary/aromatic N) is 3. The van der Waals surface area contributed by atoms with Gasteiger partial charge in [-0.2, -0.15) is 0 Å². The number of benzene rings is 1. The molecule has 1 aliphatic heterocycles. The van der Waals surface area contributed by atoms with Gasteiger partial charge >= 0.3 is 0 Å². The predicted octanol–water partition coefficient (Wildman–Crippen LogP) is 4.78. The first-order valence-electron chi connectivity index (χ1n) is 9.21. The number of halogens is 1.